The second kappa shape index (κ2) is 8.84. The maximum Gasteiger partial charge on any atom is 0.320 e. The lowest BCUT2D eigenvalue weighted by Gasteiger charge is -2.38. The SMILES string of the molecule is CC(C)N(CCCC(=O)O)C(=O)N1CCN(CCO)CC1. The second-order valence-electron chi connectivity index (χ2n) is 5.62. The van der Waals surface area contributed by atoms with Gasteiger partial charge in [-0.3, -0.25) is 9.69 Å². The van der Waals surface area contributed by atoms with Crippen molar-refractivity contribution in [3.05, 3.63) is 0 Å². The maximum atomic E-state index is 12.5. The molecule has 2 N–H and O–H groups in total. The molecule has 0 radical (unpaired) electrons. The smallest absolute Gasteiger partial charge is 0.320 e. The first kappa shape index (κ1) is 17.7. The van der Waals surface area contributed by atoms with Crippen molar-refractivity contribution < 1.29 is 19.8 Å². The Morgan fingerprint density at radius 1 is 1.19 bits per heavy atom. The first-order valence-electron chi connectivity index (χ1n) is 7.56. The Morgan fingerprint density at radius 2 is 1.81 bits per heavy atom. The number of urea groups is 1. The molecule has 2 amide bonds. The number of rotatable bonds is 7. The van der Waals surface area contributed by atoms with E-state index in [1.54, 1.807) is 4.90 Å². The van der Waals surface area contributed by atoms with E-state index in [1.807, 2.05) is 18.7 Å². The number of aliphatic hydroxyl groups is 1. The zero-order valence-electron chi connectivity index (χ0n) is 13.0. The minimum Gasteiger partial charge on any atom is -0.481 e. The Morgan fingerprint density at radius 3 is 2.29 bits per heavy atom. The molecule has 0 aromatic heterocycles. The van der Waals surface area contributed by atoms with Gasteiger partial charge in [0.05, 0.1) is 6.61 Å². The summed E-state index contributed by atoms with van der Waals surface area (Å²) in [6.07, 6.45) is 0.560. The Bertz CT molecular complexity index is 341. The van der Waals surface area contributed by atoms with Crippen LogP contribution in [0.1, 0.15) is 26.7 Å². The van der Waals surface area contributed by atoms with Crippen LogP contribution < -0.4 is 0 Å². The molecule has 1 aliphatic heterocycles. The van der Waals surface area contributed by atoms with Crippen molar-refractivity contribution in [3.63, 3.8) is 0 Å². The highest BCUT2D eigenvalue weighted by atomic mass is 16.4. The first-order valence-corrected chi connectivity index (χ1v) is 7.56. The van der Waals surface area contributed by atoms with Crippen LogP contribution >= 0.6 is 0 Å². The average molecular weight is 301 g/mol. The van der Waals surface area contributed by atoms with Gasteiger partial charge in [0.15, 0.2) is 0 Å². The topological polar surface area (TPSA) is 84.3 Å². The van der Waals surface area contributed by atoms with Gasteiger partial charge in [-0.25, -0.2) is 4.79 Å². The number of amides is 2. The van der Waals surface area contributed by atoms with Crippen LogP contribution in [0.2, 0.25) is 0 Å². The Hall–Kier alpha value is -1.34. The highest BCUT2D eigenvalue weighted by Gasteiger charge is 2.26. The van der Waals surface area contributed by atoms with Gasteiger partial charge in [0, 0.05) is 51.7 Å². The van der Waals surface area contributed by atoms with E-state index < -0.39 is 5.97 Å². The fraction of sp³-hybridized carbons (Fsp3) is 0.857. The van der Waals surface area contributed by atoms with E-state index in [4.69, 9.17) is 10.2 Å². The first-order chi connectivity index (χ1) is 9.95. The molecule has 0 spiro atoms. The van der Waals surface area contributed by atoms with Crippen molar-refractivity contribution in [1.82, 2.24) is 14.7 Å². The van der Waals surface area contributed by atoms with Crippen LogP contribution in [0.4, 0.5) is 4.79 Å². The minimum absolute atomic E-state index is 0.0148. The third-order valence-corrected chi connectivity index (χ3v) is 3.72. The molecule has 7 nitrogen and oxygen atoms in total. The number of carboxylic acids is 1. The molecule has 1 rings (SSSR count). The van der Waals surface area contributed by atoms with Crippen molar-refractivity contribution in [2.24, 2.45) is 0 Å². The molecule has 1 heterocycles. The van der Waals surface area contributed by atoms with Crippen molar-refractivity contribution in [2.45, 2.75) is 32.7 Å². The van der Waals surface area contributed by atoms with Crippen LogP contribution in [0.25, 0.3) is 0 Å². The summed E-state index contributed by atoms with van der Waals surface area (Å²) in [4.78, 5) is 28.8. The van der Waals surface area contributed by atoms with Gasteiger partial charge in [-0.2, -0.15) is 0 Å². The van der Waals surface area contributed by atoms with E-state index >= 15 is 0 Å². The number of carbonyl (C=O) groups excluding carboxylic acids is 1. The van der Waals surface area contributed by atoms with Crippen LogP contribution in [0.15, 0.2) is 0 Å². The number of carboxylic acid groups (broad SMARTS) is 1. The molecule has 0 bridgehead atoms. The summed E-state index contributed by atoms with van der Waals surface area (Å²) in [6.45, 7) is 8.00. The lowest BCUT2D eigenvalue weighted by atomic mass is 10.2. The fourth-order valence-electron chi connectivity index (χ4n) is 2.46. The summed E-state index contributed by atoms with van der Waals surface area (Å²) in [6, 6.07) is 0.0424. The Balaban J connectivity index is 2.47. The summed E-state index contributed by atoms with van der Waals surface area (Å²) in [5.41, 5.74) is 0. The van der Waals surface area contributed by atoms with E-state index in [9.17, 15) is 9.59 Å². The molecular weight excluding hydrogens is 274 g/mol. The zero-order chi connectivity index (χ0) is 15.8. The molecule has 0 aliphatic carbocycles. The molecule has 1 aliphatic rings. The Kier molecular flexibility index (Phi) is 7.45. The van der Waals surface area contributed by atoms with Gasteiger partial charge in [-0.15, -0.1) is 0 Å². The number of hydrogen-bond acceptors (Lipinski definition) is 4. The summed E-state index contributed by atoms with van der Waals surface area (Å²) in [5.74, 6) is -0.830. The van der Waals surface area contributed by atoms with Crippen LogP contribution in [0.5, 0.6) is 0 Å². The summed E-state index contributed by atoms with van der Waals surface area (Å²) < 4.78 is 0. The lowest BCUT2D eigenvalue weighted by Crippen LogP contribution is -2.54. The highest BCUT2D eigenvalue weighted by Crippen LogP contribution is 2.10. The van der Waals surface area contributed by atoms with Crippen molar-refractivity contribution >= 4 is 12.0 Å². The van der Waals surface area contributed by atoms with Crippen molar-refractivity contribution in [1.29, 1.82) is 0 Å². The quantitative estimate of drug-likeness (QED) is 0.706. The summed E-state index contributed by atoms with van der Waals surface area (Å²) >= 11 is 0. The van der Waals surface area contributed by atoms with Crippen LogP contribution in [0, 0.1) is 0 Å². The molecule has 0 atom stereocenters. The molecule has 7 heteroatoms. The molecule has 0 saturated carbocycles. The normalized spacial score (nSPS) is 16.3. The van der Waals surface area contributed by atoms with E-state index in [1.165, 1.54) is 0 Å². The summed E-state index contributed by atoms with van der Waals surface area (Å²) in [5, 5.41) is 17.6. The van der Waals surface area contributed by atoms with E-state index in [0.717, 1.165) is 13.1 Å². The van der Waals surface area contributed by atoms with Crippen molar-refractivity contribution in [2.75, 3.05) is 45.9 Å². The molecule has 1 saturated heterocycles. The summed E-state index contributed by atoms with van der Waals surface area (Å²) in [7, 11) is 0. The zero-order valence-corrected chi connectivity index (χ0v) is 13.0. The predicted molar refractivity (Wildman–Crippen MR) is 79.2 cm³/mol. The number of aliphatic carboxylic acids is 1. The fourth-order valence-corrected chi connectivity index (χ4v) is 2.46. The molecule has 122 valence electrons. The largest absolute Gasteiger partial charge is 0.481 e. The van der Waals surface area contributed by atoms with Gasteiger partial charge in [0.25, 0.3) is 0 Å². The molecular formula is C14H27N3O4. The number of carbonyl (C=O) groups is 2. The van der Waals surface area contributed by atoms with E-state index in [-0.39, 0.29) is 25.1 Å². The second-order valence-corrected chi connectivity index (χ2v) is 5.62. The molecule has 0 unspecified atom stereocenters. The van der Waals surface area contributed by atoms with Gasteiger partial charge in [-0.05, 0) is 20.3 Å². The molecule has 0 aromatic rings. The van der Waals surface area contributed by atoms with Gasteiger partial charge >= 0.3 is 12.0 Å². The Labute approximate surface area is 126 Å². The van der Waals surface area contributed by atoms with Gasteiger partial charge in [0.2, 0.25) is 0 Å². The maximum absolute atomic E-state index is 12.5. The lowest BCUT2D eigenvalue weighted by molar-refractivity contribution is -0.137. The van der Waals surface area contributed by atoms with E-state index in [0.29, 0.717) is 32.6 Å². The molecule has 21 heavy (non-hydrogen) atoms. The molecule has 1 fully saturated rings. The number of piperazine rings is 1. The third kappa shape index (κ3) is 5.89. The van der Waals surface area contributed by atoms with Gasteiger partial charge in [-0.1, -0.05) is 0 Å². The van der Waals surface area contributed by atoms with Crippen LogP contribution in [-0.4, -0.2) is 88.8 Å². The van der Waals surface area contributed by atoms with Gasteiger partial charge < -0.3 is 20.0 Å². The van der Waals surface area contributed by atoms with Crippen LogP contribution in [0.3, 0.4) is 0 Å². The number of nitrogens with zero attached hydrogens (tertiary/aromatic N) is 3. The number of β-amino-alcohol motifs (C(OH)–C–C–N with tert-alkyl or cyclic N) is 1. The van der Waals surface area contributed by atoms with Crippen molar-refractivity contribution in [3.8, 4) is 0 Å². The minimum atomic E-state index is -0.830. The average Bonchev–Trinajstić information content (AvgIpc) is 2.43. The number of hydrogen-bond donors (Lipinski definition) is 2. The van der Waals surface area contributed by atoms with Crippen LogP contribution in [-0.2, 0) is 4.79 Å². The number of aliphatic hydroxyl groups excluding tert-OH is 1. The monoisotopic (exact) mass is 301 g/mol. The molecule has 0 aromatic carbocycles. The standard InChI is InChI=1S/C14H27N3O4/c1-12(2)17(5-3-4-13(19)20)14(21)16-8-6-15(7-9-16)10-11-18/h12,18H,3-11H2,1-2H3,(H,19,20). The highest BCUT2D eigenvalue weighted by molar-refractivity contribution is 5.75. The predicted octanol–water partition coefficient (Wildman–Crippen LogP) is 0.292. The third-order valence-electron chi connectivity index (χ3n) is 3.72. The van der Waals surface area contributed by atoms with Gasteiger partial charge in [0.1, 0.15) is 0 Å². The van der Waals surface area contributed by atoms with E-state index in [2.05, 4.69) is 4.90 Å².